The van der Waals surface area contributed by atoms with Gasteiger partial charge in [-0.1, -0.05) is 12.1 Å². The molecule has 33 heavy (non-hydrogen) atoms. The van der Waals surface area contributed by atoms with Gasteiger partial charge in [0.1, 0.15) is 11.6 Å². The van der Waals surface area contributed by atoms with Crippen LogP contribution in [0.3, 0.4) is 0 Å². The lowest BCUT2D eigenvalue weighted by Gasteiger charge is -2.12. The van der Waals surface area contributed by atoms with Gasteiger partial charge in [-0.25, -0.2) is 9.37 Å². The smallest absolute Gasteiger partial charge is 0.251 e. The van der Waals surface area contributed by atoms with Crippen LogP contribution in [0.15, 0.2) is 73.2 Å². The number of pyridine rings is 1. The highest BCUT2D eigenvalue weighted by Crippen LogP contribution is 2.33. The summed E-state index contributed by atoms with van der Waals surface area (Å²) >= 11 is 0. The number of amides is 1. The quantitative estimate of drug-likeness (QED) is 0.411. The molecule has 0 saturated carbocycles. The highest BCUT2D eigenvalue weighted by Gasteiger charge is 2.18. The van der Waals surface area contributed by atoms with Crippen molar-refractivity contribution in [2.45, 2.75) is 13.5 Å². The van der Waals surface area contributed by atoms with Crippen molar-refractivity contribution >= 4 is 16.9 Å². The van der Waals surface area contributed by atoms with Crippen molar-refractivity contribution in [3.05, 3.63) is 90.4 Å². The van der Waals surface area contributed by atoms with Crippen LogP contribution in [0.2, 0.25) is 0 Å². The number of benzene rings is 2. The van der Waals surface area contributed by atoms with Gasteiger partial charge in [-0.2, -0.15) is 5.10 Å². The van der Waals surface area contributed by atoms with E-state index in [4.69, 9.17) is 0 Å². The third-order valence-electron chi connectivity index (χ3n) is 5.43. The van der Waals surface area contributed by atoms with E-state index in [1.807, 2.05) is 25.1 Å². The molecular formula is C25H21FN6O. The molecule has 2 aromatic carbocycles. The first-order valence-electron chi connectivity index (χ1n) is 10.6. The Kier molecular flexibility index (Phi) is 5.40. The minimum absolute atomic E-state index is 0.196. The van der Waals surface area contributed by atoms with Crippen LogP contribution in [0, 0.1) is 12.7 Å². The van der Waals surface area contributed by atoms with Crippen molar-refractivity contribution in [1.29, 1.82) is 0 Å². The first-order valence-corrected chi connectivity index (χ1v) is 10.6. The van der Waals surface area contributed by atoms with E-state index in [1.165, 1.54) is 6.07 Å². The van der Waals surface area contributed by atoms with Gasteiger partial charge in [0.05, 0.1) is 29.5 Å². The molecule has 3 aromatic heterocycles. The SMILES string of the molecule is Cc1nc2ccc(C(=O)NCCn3ncc(-c4ccncc4)c3-c3ccccc3F)cc2[nH]1. The van der Waals surface area contributed by atoms with Crippen LogP contribution in [0.5, 0.6) is 0 Å². The summed E-state index contributed by atoms with van der Waals surface area (Å²) in [6.45, 7) is 2.58. The normalized spacial score (nSPS) is 11.1. The van der Waals surface area contributed by atoms with Crippen molar-refractivity contribution in [3.63, 3.8) is 0 Å². The van der Waals surface area contributed by atoms with Crippen molar-refractivity contribution in [1.82, 2.24) is 30.0 Å². The van der Waals surface area contributed by atoms with Gasteiger partial charge in [-0.3, -0.25) is 14.5 Å². The van der Waals surface area contributed by atoms with Crippen LogP contribution in [0.25, 0.3) is 33.4 Å². The van der Waals surface area contributed by atoms with Gasteiger partial charge in [0.15, 0.2) is 0 Å². The summed E-state index contributed by atoms with van der Waals surface area (Å²) in [5, 5.41) is 7.41. The largest absolute Gasteiger partial charge is 0.350 e. The Morgan fingerprint density at radius 3 is 2.73 bits per heavy atom. The van der Waals surface area contributed by atoms with E-state index in [0.29, 0.717) is 29.9 Å². The van der Waals surface area contributed by atoms with Gasteiger partial charge in [0.25, 0.3) is 5.91 Å². The van der Waals surface area contributed by atoms with E-state index < -0.39 is 0 Å². The Balaban J connectivity index is 1.38. The summed E-state index contributed by atoms with van der Waals surface area (Å²) in [6.07, 6.45) is 5.10. The average molecular weight is 440 g/mol. The second-order valence-electron chi connectivity index (χ2n) is 7.66. The molecule has 5 rings (SSSR count). The Morgan fingerprint density at radius 1 is 1.09 bits per heavy atom. The zero-order valence-corrected chi connectivity index (χ0v) is 17.9. The summed E-state index contributed by atoms with van der Waals surface area (Å²) in [4.78, 5) is 24.2. The fourth-order valence-electron chi connectivity index (χ4n) is 3.89. The van der Waals surface area contributed by atoms with Crippen LogP contribution in [0.1, 0.15) is 16.2 Å². The zero-order valence-electron chi connectivity index (χ0n) is 17.9. The van der Waals surface area contributed by atoms with E-state index in [1.54, 1.807) is 53.6 Å². The number of nitrogens with zero attached hydrogens (tertiary/aromatic N) is 4. The maximum absolute atomic E-state index is 14.7. The molecule has 0 aliphatic heterocycles. The molecule has 3 heterocycles. The molecule has 8 heteroatoms. The van der Waals surface area contributed by atoms with Gasteiger partial charge < -0.3 is 10.3 Å². The number of rotatable bonds is 6. The molecule has 164 valence electrons. The number of nitrogens with one attached hydrogen (secondary N) is 2. The molecule has 5 aromatic rings. The van der Waals surface area contributed by atoms with E-state index in [0.717, 1.165) is 28.0 Å². The summed E-state index contributed by atoms with van der Waals surface area (Å²) < 4.78 is 16.4. The molecule has 0 bridgehead atoms. The maximum Gasteiger partial charge on any atom is 0.251 e. The van der Waals surface area contributed by atoms with Crippen LogP contribution in [-0.2, 0) is 6.54 Å². The fraction of sp³-hybridized carbons (Fsp3) is 0.120. The number of carbonyl (C=O) groups is 1. The number of fused-ring (bicyclic) bond motifs is 1. The molecule has 0 saturated heterocycles. The number of carbonyl (C=O) groups excluding carboxylic acids is 1. The Morgan fingerprint density at radius 2 is 1.91 bits per heavy atom. The van der Waals surface area contributed by atoms with Crippen LogP contribution < -0.4 is 5.32 Å². The lowest BCUT2D eigenvalue weighted by atomic mass is 10.0. The maximum atomic E-state index is 14.7. The molecule has 0 radical (unpaired) electrons. The van der Waals surface area contributed by atoms with Gasteiger partial charge in [-0.05, 0) is 55.0 Å². The second-order valence-corrected chi connectivity index (χ2v) is 7.66. The first-order chi connectivity index (χ1) is 16.1. The lowest BCUT2D eigenvalue weighted by Crippen LogP contribution is -2.27. The fourth-order valence-corrected chi connectivity index (χ4v) is 3.89. The Hall–Kier alpha value is -4.33. The molecule has 2 N–H and O–H groups in total. The molecule has 0 unspecified atom stereocenters. The number of H-pyrrole nitrogens is 1. The number of aromatic amines is 1. The number of aryl methyl sites for hydroxylation is 1. The van der Waals surface area contributed by atoms with Crippen molar-refractivity contribution < 1.29 is 9.18 Å². The molecule has 0 atom stereocenters. The number of hydrogen-bond donors (Lipinski definition) is 2. The van der Waals surface area contributed by atoms with Crippen LogP contribution in [0.4, 0.5) is 4.39 Å². The molecule has 1 amide bonds. The summed E-state index contributed by atoms with van der Waals surface area (Å²) in [5.41, 5.74) is 4.97. The summed E-state index contributed by atoms with van der Waals surface area (Å²) in [6, 6.07) is 15.7. The minimum Gasteiger partial charge on any atom is -0.350 e. The number of hydrogen-bond acceptors (Lipinski definition) is 4. The molecule has 0 fully saturated rings. The first kappa shape index (κ1) is 20.6. The van der Waals surface area contributed by atoms with Crippen molar-refractivity contribution in [2.75, 3.05) is 6.54 Å². The van der Waals surface area contributed by atoms with Gasteiger partial charge >= 0.3 is 0 Å². The number of imidazole rings is 1. The third kappa shape index (κ3) is 4.10. The minimum atomic E-state index is -0.332. The summed E-state index contributed by atoms with van der Waals surface area (Å²) in [5.74, 6) is 0.270. The predicted octanol–water partition coefficient (Wildman–Crippen LogP) is 4.37. The Labute approximate surface area is 189 Å². The topological polar surface area (TPSA) is 88.5 Å². The summed E-state index contributed by atoms with van der Waals surface area (Å²) in [7, 11) is 0. The zero-order chi connectivity index (χ0) is 22.8. The van der Waals surface area contributed by atoms with Crippen LogP contribution >= 0.6 is 0 Å². The van der Waals surface area contributed by atoms with Gasteiger partial charge in [0, 0.05) is 35.6 Å². The molecule has 0 aliphatic carbocycles. The van der Waals surface area contributed by atoms with E-state index >= 15 is 0 Å². The van der Waals surface area contributed by atoms with Crippen molar-refractivity contribution in [2.24, 2.45) is 0 Å². The third-order valence-corrected chi connectivity index (χ3v) is 5.43. The molecule has 0 aliphatic rings. The average Bonchev–Trinajstić information content (AvgIpc) is 3.42. The number of aromatic nitrogens is 5. The van der Waals surface area contributed by atoms with E-state index in [2.05, 4.69) is 25.4 Å². The standard InChI is InChI=1S/C25H21FN6O/c1-16-30-22-7-6-18(14-23(22)31-16)25(33)28-12-13-32-24(19-4-2-3-5-21(19)26)20(15-29-32)17-8-10-27-11-9-17/h2-11,14-15H,12-13H2,1H3,(H,28,33)(H,30,31). The highest BCUT2D eigenvalue weighted by atomic mass is 19.1. The van der Waals surface area contributed by atoms with Gasteiger partial charge in [-0.15, -0.1) is 0 Å². The number of halogens is 1. The Bertz CT molecular complexity index is 1440. The molecule has 7 nitrogen and oxygen atoms in total. The van der Waals surface area contributed by atoms with Gasteiger partial charge in [0.2, 0.25) is 0 Å². The molecule has 0 spiro atoms. The second kappa shape index (κ2) is 8.66. The lowest BCUT2D eigenvalue weighted by molar-refractivity contribution is 0.0952. The van der Waals surface area contributed by atoms with E-state index in [9.17, 15) is 9.18 Å². The highest BCUT2D eigenvalue weighted by molar-refractivity contribution is 5.97. The van der Waals surface area contributed by atoms with Crippen molar-refractivity contribution in [3.8, 4) is 22.4 Å². The van der Waals surface area contributed by atoms with Crippen LogP contribution in [-0.4, -0.2) is 37.2 Å². The molecular weight excluding hydrogens is 419 g/mol. The predicted molar refractivity (Wildman–Crippen MR) is 124 cm³/mol. The van der Waals surface area contributed by atoms with E-state index in [-0.39, 0.29) is 11.7 Å². The monoisotopic (exact) mass is 440 g/mol.